The Morgan fingerprint density at radius 2 is 1.95 bits per heavy atom. The van der Waals surface area contributed by atoms with E-state index in [0.29, 0.717) is 5.57 Å². The van der Waals surface area contributed by atoms with Crippen molar-refractivity contribution in [2.45, 2.75) is 43.9 Å². The van der Waals surface area contributed by atoms with Gasteiger partial charge < -0.3 is 14.8 Å². The summed E-state index contributed by atoms with van der Waals surface area (Å²) in [5.41, 5.74) is 0.403. The van der Waals surface area contributed by atoms with Crippen molar-refractivity contribution in [2.24, 2.45) is 5.92 Å². The van der Waals surface area contributed by atoms with Crippen molar-refractivity contribution in [3.63, 3.8) is 0 Å². The van der Waals surface area contributed by atoms with Gasteiger partial charge in [-0.3, -0.25) is 9.59 Å². The number of rotatable bonds is 3. The minimum absolute atomic E-state index is 0. The van der Waals surface area contributed by atoms with Crippen LogP contribution in [0.15, 0.2) is 11.6 Å². The van der Waals surface area contributed by atoms with Gasteiger partial charge in [0.25, 0.3) is 5.91 Å². The third-order valence-corrected chi connectivity index (χ3v) is 4.98. The average molecular weight is 305 g/mol. The Morgan fingerprint density at radius 1 is 1.40 bits per heavy atom. The van der Waals surface area contributed by atoms with Gasteiger partial charge in [-0.25, -0.2) is 0 Å². The molecule has 0 aromatic heterocycles. The van der Waals surface area contributed by atoms with Crippen LogP contribution in [0.5, 0.6) is 0 Å². The van der Waals surface area contributed by atoms with Crippen LogP contribution in [0, 0.1) is 5.92 Å². The number of hydrogen-bond acceptors (Lipinski definition) is 5. The number of thioether (sulfide) groups is 1. The van der Waals surface area contributed by atoms with E-state index in [0.717, 1.165) is 0 Å². The largest absolute Gasteiger partial charge is 1.00 e. The number of allylic oxidation sites excluding steroid dienone is 1. The monoisotopic (exact) mass is 305 g/mol. The number of aliphatic carboxylic acids is 1. The number of carbonyl (C=O) groups is 3. The van der Waals surface area contributed by atoms with Gasteiger partial charge in [0.1, 0.15) is 5.37 Å². The molecule has 5 nitrogen and oxygen atoms in total. The summed E-state index contributed by atoms with van der Waals surface area (Å²) in [7, 11) is 0. The smallest absolute Gasteiger partial charge is 0.548 e. The predicted octanol–water partition coefficient (Wildman–Crippen LogP) is -3.05. The normalized spacial score (nSPS) is 28.9. The van der Waals surface area contributed by atoms with Crippen molar-refractivity contribution in [3.8, 4) is 0 Å². The molecule has 0 radical (unpaired) electrons. The molecule has 0 N–H and O–H groups in total. The summed E-state index contributed by atoms with van der Waals surface area (Å²) in [4.78, 5) is 36.2. The molecule has 2 atom stereocenters. The first-order valence-corrected chi connectivity index (χ1v) is 7.01. The fraction of sp³-hybridized carbons (Fsp3) is 0.615. The molecule has 2 aliphatic rings. The predicted molar refractivity (Wildman–Crippen MR) is 69.0 cm³/mol. The van der Waals surface area contributed by atoms with Gasteiger partial charge in [-0.2, -0.15) is 0 Å². The van der Waals surface area contributed by atoms with Crippen molar-refractivity contribution in [2.75, 3.05) is 0 Å². The Morgan fingerprint density at radius 3 is 2.40 bits per heavy atom. The summed E-state index contributed by atoms with van der Waals surface area (Å²) in [6.45, 7) is 7.06. The number of β-lactam (4-membered cyclic amide) rings is 1. The maximum absolute atomic E-state index is 12.0. The Labute approximate surface area is 144 Å². The molecule has 0 aromatic carbocycles. The molecule has 0 bridgehead atoms. The Kier molecular flexibility index (Phi) is 5.17. The number of amides is 1. The van der Waals surface area contributed by atoms with Gasteiger partial charge in [-0.15, -0.1) is 11.8 Å². The van der Waals surface area contributed by atoms with Gasteiger partial charge in [0.2, 0.25) is 0 Å². The summed E-state index contributed by atoms with van der Waals surface area (Å²) in [6.07, 6.45) is 1.36. The van der Waals surface area contributed by atoms with Crippen LogP contribution < -0.4 is 34.7 Å². The molecule has 0 spiro atoms. The Bertz CT molecular complexity index is 501. The summed E-state index contributed by atoms with van der Waals surface area (Å²) >= 11 is 1.38. The quantitative estimate of drug-likeness (QED) is 0.315. The molecule has 2 aliphatic heterocycles. The van der Waals surface area contributed by atoms with E-state index in [1.807, 2.05) is 0 Å². The average Bonchev–Trinajstić information content (AvgIpc) is 2.54. The molecule has 0 aliphatic carbocycles. The van der Waals surface area contributed by atoms with Crippen molar-refractivity contribution >= 4 is 29.4 Å². The maximum atomic E-state index is 12.0. The topological polar surface area (TPSA) is 77.5 Å². The molecule has 0 unspecified atom stereocenters. The molecule has 2 saturated heterocycles. The Hall–Kier alpha value is -0.300. The molecule has 0 saturated carbocycles. The zero-order valence-corrected chi connectivity index (χ0v) is 15.1. The van der Waals surface area contributed by atoms with E-state index in [1.165, 1.54) is 22.7 Å². The second kappa shape index (κ2) is 5.83. The van der Waals surface area contributed by atoms with Crippen molar-refractivity contribution < 1.29 is 49.0 Å². The fourth-order valence-electron chi connectivity index (χ4n) is 2.36. The van der Waals surface area contributed by atoms with Gasteiger partial charge in [0.05, 0.1) is 17.6 Å². The summed E-state index contributed by atoms with van der Waals surface area (Å²) in [5.74, 6) is -1.90. The molecule has 0 aromatic rings. The summed E-state index contributed by atoms with van der Waals surface area (Å²) in [6, 6.07) is -0.943. The zero-order valence-electron chi connectivity index (χ0n) is 12.3. The number of carboxylic acids is 1. The molecule has 20 heavy (non-hydrogen) atoms. The van der Waals surface area contributed by atoms with E-state index in [-0.39, 0.29) is 52.5 Å². The zero-order chi connectivity index (χ0) is 14.5. The van der Waals surface area contributed by atoms with Crippen LogP contribution in [0.25, 0.3) is 0 Å². The van der Waals surface area contributed by atoms with E-state index < -0.39 is 16.8 Å². The van der Waals surface area contributed by atoms with Crippen LogP contribution in [0.4, 0.5) is 0 Å². The van der Waals surface area contributed by atoms with Gasteiger partial charge >= 0.3 is 29.6 Å². The number of nitrogens with zero attached hydrogens (tertiary/aromatic N) is 1. The van der Waals surface area contributed by atoms with Crippen LogP contribution >= 0.6 is 11.8 Å². The molecule has 104 valence electrons. The molecular formula is C13H16NNaO4S. The van der Waals surface area contributed by atoms with Crippen molar-refractivity contribution in [1.29, 1.82) is 0 Å². The minimum atomic E-state index is -1.25. The molecule has 2 heterocycles. The SMILES string of the molecule is CC(C)C(=O)C=C1C(=O)N2[C@@H]1SC(C)(C)[C@@H]2C(=O)[O-].[Na+]. The van der Waals surface area contributed by atoms with E-state index in [4.69, 9.17) is 0 Å². The number of fused-ring (bicyclic) bond motifs is 1. The van der Waals surface area contributed by atoms with Crippen LogP contribution in [-0.4, -0.2) is 38.7 Å². The van der Waals surface area contributed by atoms with Gasteiger partial charge in [0.15, 0.2) is 5.78 Å². The summed E-state index contributed by atoms with van der Waals surface area (Å²) < 4.78 is -0.615. The molecule has 7 heteroatoms. The van der Waals surface area contributed by atoms with Gasteiger partial charge in [-0.05, 0) is 19.9 Å². The summed E-state index contributed by atoms with van der Waals surface area (Å²) in [5, 5.41) is 10.8. The number of hydrogen-bond donors (Lipinski definition) is 0. The van der Waals surface area contributed by atoms with Gasteiger partial charge in [-0.1, -0.05) is 13.8 Å². The second-order valence-electron chi connectivity index (χ2n) is 5.66. The van der Waals surface area contributed by atoms with Crippen LogP contribution in [0.1, 0.15) is 27.7 Å². The van der Waals surface area contributed by atoms with Crippen LogP contribution in [0.3, 0.4) is 0 Å². The first-order valence-electron chi connectivity index (χ1n) is 6.13. The number of ketones is 1. The van der Waals surface area contributed by atoms with E-state index in [2.05, 4.69) is 0 Å². The van der Waals surface area contributed by atoms with Crippen LogP contribution in [0.2, 0.25) is 0 Å². The standard InChI is InChI=1S/C13H17NO4S.Na/c1-6(2)8(15)5-7-10(16)14-9(12(17)18)13(3,4)19-11(7)14;/h5-6,9,11H,1-4H3,(H,17,18);/q;+1/p-1/t9-,11+;/m0./s1. The molecule has 1 amide bonds. The molecular weight excluding hydrogens is 289 g/mol. The Balaban J connectivity index is 0.00000200. The first-order chi connectivity index (χ1) is 8.66. The fourth-order valence-corrected chi connectivity index (χ4v) is 3.90. The number of carbonyl (C=O) groups excluding carboxylic acids is 3. The van der Waals surface area contributed by atoms with E-state index in [1.54, 1.807) is 27.7 Å². The third-order valence-electron chi connectivity index (χ3n) is 3.44. The second-order valence-corrected chi connectivity index (χ2v) is 7.40. The van der Waals surface area contributed by atoms with E-state index in [9.17, 15) is 19.5 Å². The molecule has 2 fully saturated rings. The molecule has 2 rings (SSSR count). The first kappa shape index (κ1) is 17.8. The third kappa shape index (κ3) is 2.71. The number of carboxylic acid groups (broad SMARTS) is 1. The maximum Gasteiger partial charge on any atom is 1.00 e. The van der Waals surface area contributed by atoms with Crippen LogP contribution in [-0.2, 0) is 14.4 Å². The van der Waals surface area contributed by atoms with E-state index >= 15 is 0 Å². The van der Waals surface area contributed by atoms with Crippen molar-refractivity contribution in [1.82, 2.24) is 4.90 Å². The van der Waals surface area contributed by atoms with Gasteiger partial charge in [0, 0.05) is 10.7 Å². The van der Waals surface area contributed by atoms with Crippen molar-refractivity contribution in [3.05, 3.63) is 11.6 Å². The minimum Gasteiger partial charge on any atom is -0.548 e.